The molecule has 0 heterocycles. The maximum Gasteiger partial charge on any atom is 0.323 e. The summed E-state index contributed by atoms with van der Waals surface area (Å²) < 4.78 is 0. The van der Waals surface area contributed by atoms with Gasteiger partial charge in [0.2, 0.25) is 0 Å². The van der Waals surface area contributed by atoms with Crippen LogP contribution in [0.2, 0.25) is 0 Å². The average molecular weight is 286 g/mol. The van der Waals surface area contributed by atoms with Crippen molar-refractivity contribution in [1.82, 2.24) is 0 Å². The summed E-state index contributed by atoms with van der Waals surface area (Å²) in [5.41, 5.74) is 8.59. The van der Waals surface area contributed by atoms with E-state index in [1.54, 1.807) is 12.2 Å². The van der Waals surface area contributed by atoms with Gasteiger partial charge in [0.05, 0.1) is 0 Å². The quantitative estimate of drug-likeness (QED) is 0.501. The minimum Gasteiger partial charge on any atom is -0.480 e. The summed E-state index contributed by atoms with van der Waals surface area (Å²) >= 11 is 0. The van der Waals surface area contributed by atoms with Gasteiger partial charge in [-0.05, 0) is 39.5 Å². The van der Waals surface area contributed by atoms with E-state index < -0.39 is 23.0 Å². The first-order valence-electron chi connectivity index (χ1n) is 6.27. The van der Waals surface area contributed by atoms with Gasteiger partial charge in [0.1, 0.15) is 11.1 Å². The number of carboxylic acid groups (broad SMARTS) is 2. The van der Waals surface area contributed by atoms with Gasteiger partial charge in [0.25, 0.3) is 0 Å². The maximum absolute atomic E-state index is 10.4. The van der Waals surface area contributed by atoms with Crippen LogP contribution in [0.3, 0.4) is 0 Å². The van der Waals surface area contributed by atoms with Gasteiger partial charge in [0.15, 0.2) is 0 Å². The Morgan fingerprint density at radius 2 is 1.20 bits per heavy atom. The molecule has 0 aliphatic carbocycles. The molecule has 0 aliphatic heterocycles. The Morgan fingerprint density at radius 3 is 1.35 bits per heavy atom. The first kappa shape index (κ1) is 20.7. The van der Waals surface area contributed by atoms with Crippen LogP contribution in [0.1, 0.15) is 39.5 Å². The molecule has 0 bridgehead atoms. The molecule has 0 rings (SSSR count). The van der Waals surface area contributed by atoms with E-state index in [0.29, 0.717) is 25.7 Å². The van der Waals surface area contributed by atoms with Gasteiger partial charge in [-0.2, -0.15) is 0 Å². The molecular formula is C14H26N2O4. The Hall–Kier alpha value is -1.66. The van der Waals surface area contributed by atoms with E-state index in [0.717, 1.165) is 0 Å². The van der Waals surface area contributed by atoms with Gasteiger partial charge in [0, 0.05) is 0 Å². The van der Waals surface area contributed by atoms with E-state index in [1.165, 1.54) is 13.8 Å². The third-order valence-electron chi connectivity index (χ3n) is 2.71. The Bertz CT molecular complexity index is 315. The van der Waals surface area contributed by atoms with E-state index in [-0.39, 0.29) is 0 Å². The normalized spacial score (nSPS) is 15.8. The van der Waals surface area contributed by atoms with Crippen molar-refractivity contribution in [1.29, 1.82) is 0 Å². The molecule has 0 spiro atoms. The van der Waals surface area contributed by atoms with Crippen LogP contribution in [0.4, 0.5) is 0 Å². The number of hydrogen-bond acceptors (Lipinski definition) is 4. The lowest BCUT2D eigenvalue weighted by Crippen LogP contribution is -2.44. The largest absolute Gasteiger partial charge is 0.480 e. The Labute approximate surface area is 120 Å². The second-order valence-electron chi connectivity index (χ2n) is 5.10. The summed E-state index contributed by atoms with van der Waals surface area (Å²) in [6.07, 6.45) is 5.47. The molecule has 0 aromatic carbocycles. The van der Waals surface area contributed by atoms with Gasteiger partial charge >= 0.3 is 11.9 Å². The molecule has 6 N–H and O–H groups in total. The fourth-order valence-electron chi connectivity index (χ4n) is 1.02. The number of rotatable bonds is 8. The van der Waals surface area contributed by atoms with Crippen molar-refractivity contribution in [3.05, 3.63) is 25.3 Å². The SMILES string of the molecule is C=CCC[C@@](C)(N)C(=O)O.C=CCC[C@](C)(N)C(=O)O. The average Bonchev–Trinajstić information content (AvgIpc) is 2.34. The predicted molar refractivity (Wildman–Crippen MR) is 79.3 cm³/mol. The van der Waals surface area contributed by atoms with Gasteiger partial charge in [-0.1, -0.05) is 12.2 Å². The highest BCUT2D eigenvalue weighted by Crippen LogP contribution is 2.09. The number of allylic oxidation sites excluding steroid dienone is 2. The van der Waals surface area contributed by atoms with Gasteiger partial charge in [-0.15, -0.1) is 13.2 Å². The first-order valence-corrected chi connectivity index (χ1v) is 6.27. The molecule has 6 nitrogen and oxygen atoms in total. The van der Waals surface area contributed by atoms with Gasteiger partial charge in [-0.3, -0.25) is 9.59 Å². The number of hydrogen-bond donors (Lipinski definition) is 4. The summed E-state index contributed by atoms with van der Waals surface area (Å²) in [5, 5.41) is 17.0. The molecule has 116 valence electrons. The van der Waals surface area contributed by atoms with Crippen LogP contribution in [-0.2, 0) is 9.59 Å². The number of nitrogens with two attached hydrogens (primary N) is 2. The van der Waals surface area contributed by atoms with Gasteiger partial charge in [-0.25, -0.2) is 0 Å². The van der Waals surface area contributed by atoms with Crippen molar-refractivity contribution in [2.24, 2.45) is 11.5 Å². The van der Waals surface area contributed by atoms with Crippen LogP contribution in [0.15, 0.2) is 25.3 Å². The third-order valence-corrected chi connectivity index (χ3v) is 2.71. The summed E-state index contributed by atoms with van der Waals surface area (Å²) in [7, 11) is 0. The standard InChI is InChI=1S/2C7H13NO2/c2*1-3-4-5-7(2,8)6(9)10/h2*3H,1,4-5,8H2,2H3,(H,9,10)/t2*7-/m10/s1. The highest BCUT2D eigenvalue weighted by atomic mass is 16.4. The molecule has 0 saturated heterocycles. The van der Waals surface area contributed by atoms with Crippen molar-refractivity contribution < 1.29 is 19.8 Å². The smallest absolute Gasteiger partial charge is 0.323 e. The number of carbonyl (C=O) groups is 2. The molecular weight excluding hydrogens is 260 g/mol. The molecule has 0 saturated carbocycles. The predicted octanol–water partition coefficient (Wildman–Crippen LogP) is 1.51. The fraction of sp³-hybridized carbons (Fsp3) is 0.571. The lowest BCUT2D eigenvalue weighted by Gasteiger charge is -2.17. The summed E-state index contributed by atoms with van der Waals surface area (Å²) in [6.45, 7) is 9.95. The molecule has 0 aromatic rings. The van der Waals surface area contributed by atoms with Crippen LogP contribution >= 0.6 is 0 Å². The minimum atomic E-state index is -1.10. The Morgan fingerprint density at radius 1 is 0.950 bits per heavy atom. The lowest BCUT2D eigenvalue weighted by atomic mass is 9.98. The molecule has 2 atom stereocenters. The van der Waals surface area contributed by atoms with Crippen molar-refractivity contribution in [2.45, 2.75) is 50.6 Å². The zero-order valence-electron chi connectivity index (χ0n) is 12.3. The lowest BCUT2D eigenvalue weighted by molar-refractivity contribution is -0.143. The monoisotopic (exact) mass is 286 g/mol. The second kappa shape index (κ2) is 9.28. The topological polar surface area (TPSA) is 127 Å². The van der Waals surface area contributed by atoms with Crippen LogP contribution in [0.5, 0.6) is 0 Å². The number of carboxylic acids is 2. The molecule has 0 fully saturated rings. The highest BCUT2D eigenvalue weighted by Gasteiger charge is 2.26. The van der Waals surface area contributed by atoms with Crippen molar-refractivity contribution in [3.8, 4) is 0 Å². The minimum absolute atomic E-state index is 0.436. The Balaban J connectivity index is 0. The second-order valence-corrected chi connectivity index (χ2v) is 5.10. The molecule has 0 amide bonds. The molecule has 6 heteroatoms. The van der Waals surface area contributed by atoms with Crippen LogP contribution in [-0.4, -0.2) is 33.2 Å². The zero-order chi connectivity index (χ0) is 16.4. The first-order chi connectivity index (χ1) is 9.01. The number of aliphatic carboxylic acids is 2. The summed E-state index contributed by atoms with van der Waals surface area (Å²) in [4.78, 5) is 20.7. The van der Waals surface area contributed by atoms with Gasteiger partial charge < -0.3 is 21.7 Å². The molecule has 0 radical (unpaired) electrons. The van der Waals surface area contributed by atoms with Crippen molar-refractivity contribution in [2.75, 3.05) is 0 Å². The van der Waals surface area contributed by atoms with E-state index in [2.05, 4.69) is 13.2 Å². The zero-order valence-corrected chi connectivity index (χ0v) is 12.3. The van der Waals surface area contributed by atoms with Crippen molar-refractivity contribution in [3.63, 3.8) is 0 Å². The van der Waals surface area contributed by atoms with E-state index in [9.17, 15) is 9.59 Å². The van der Waals surface area contributed by atoms with Crippen LogP contribution in [0.25, 0.3) is 0 Å². The van der Waals surface area contributed by atoms with Crippen LogP contribution < -0.4 is 11.5 Å². The third kappa shape index (κ3) is 9.29. The Kier molecular flexibility index (Phi) is 9.58. The highest BCUT2D eigenvalue weighted by molar-refractivity contribution is 5.78. The molecule has 0 unspecified atom stereocenters. The fourth-order valence-corrected chi connectivity index (χ4v) is 1.02. The molecule has 0 aliphatic rings. The molecule has 20 heavy (non-hydrogen) atoms. The van der Waals surface area contributed by atoms with E-state index in [4.69, 9.17) is 21.7 Å². The van der Waals surface area contributed by atoms with E-state index >= 15 is 0 Å². The summed E-state index contributed by atoms with van der Waals surface area (Å²) in [5.74, 6) is -1.93. The molecule has 0 aromatic heterocycles. The van der Waals surface area contributed by atoms with Crippen molar-refractivity contribution >= 4 is 11.9 Å². The maximum atomic E-state index is 10.4. The van der Waals surface area contributed by atoms with E-state index in [1.807, 2.05) is 0 Å². The summed E-state index contributed by atoms with van der Waals surface area (Å²) in [6, 6.07) is 0. The van der Waals surface area contributed by atoms with Crippen LogP contribution in [0, 0.1) is 0 Å².